The van der Waals surface area contributed by atoms with Crippen LogP contribution in [0.1, 0.15) is 16.7 Å². The molecule has 5 rings (SSSR count). The van der Waals surface area contributed by atoms with Crippen LogP contribution in [0.25, 0.3) is 0 Å². The average Bonchev–Trinajstić information content (AvgIpc) is 3.33. The van der Waals surface area contributed by atoms with Gasteiger partial charge in [-0.25, -0.2) is 9.79 Å². The fourth-order valence-electron chi connectivity index (χ4n) is 5.12. The molecule has 3 amide bonds. The van der Waals surface area contributed by atoms with E-state index in [-0.39, 0.29) is 19.1 Å². The van der Waals surface area contributed by atoms with Crippen LogP contribution >= 0.6 is 0 Å². The Morgan fingerprint density at radius 1 is 0.800 bits per heavy atom. The van der Waals surface area contributed by atoms with Gasteiger partial charge in [-0.3, -0.25) is 19.4 Å². The first-order chi connectivity index (χ1) is 19.4. The van der Waals surface area contributed by atoms with Gasteiger partial charge in [0.25, 0.3) is 5.91 Å². The van der Waals surface area contributed by atoms with Crippen molar-refractivity contribution in [3.05, 3.63) is 108 Å². The summed E-state index contributed by atoms with van der Waals surface area (Å²) in [6.07, 6.45) is -0.719. The molecule has 0 radical (unpaired) electrons. The van der Waals surface area contributed by atoms with Crippen LogP contribution in [-0.2, 0) is 34.0 Å². The van der Waals surface area contributed by atoms with Gasteiger partial charge < -0.3 is 14.5 Å². The van der Waals surface area contributed by atoms with Crippen LogP contribution in [0.2, 0.25) is 0 Å². The number of fused-ring (bicyclic) bond motifs is 1. The summed E-state index contributed by atoms with van der Waals surface area (Å²) in [4.78, 5) is 50.5. The lowest BCUT2D eigenvalue weighted by Crippen LogP contribution is -2.64. The Bertz CT molecular complexity index is 1320. The molecule has 9 nitrogen and oxygen atoms in total. The minimum atomic E-state index is -0.803. The van der Waals surface area contributed by atoms with Gasteiger partial charge in [0.15, 0.2) is 12.2 Å². The minimum absolute atomic E-state index is 0.133. The number of esters is 1. The molecule has 3 aromatic carbocycles. The summed E-state index contributed by atoms with van der Waals surface area (Å²) in [6, 6.07) is 28.5. The minimum Gasteiger partial charge on any atom is -0.459 e. The third-order valence-electron chi connectivity index (χ3n) is 7.21. The van der Waals surface area contributed by atoms with Gasteiger partial charge in [0.05, 0.1) is 6.54 Å². The van der Waals surface area contributed by atoms with E-state index in [1.54, 1.807) is 11.9 Å². The molecular weight excluding hydrogens is 506 g/mol. The predicted octanol–water partition coefficient (Wildman–Crippen LogP) is 3.36. The molecule has 2 unspecified atom stereocenters. The molecule has 2 atom stereocenters. The molecule has 1 saturated heterocycles. The summed E-state index contributed by atoms with van der Waals surface area (Å²) in [5.41, 5.74) is 3.14. The van der Waals surface area contributed by atoms with Gasteiger partial charge in [-0.15, -0.1) is 0 Å². The van der Waals surface area contributed by atoms with Gasteiger partial charge >= 0.3 is 12.0 Å². The topological polar surface area (TPSA) is 85.8 Å². The number of hydrogen-bond acceptors (Lipinski definition) is 7. The highest BCUT2D eigenvalue weighted by atomic mass is 16.5. The summed E-state index contributed by atoms with van der Waals surface area (Å²) in [5.74, 6) is -0.285. The van der Waals surface area contributed by atoms with E-state index in [9.17, 15) is 14.4 Å². The molecular formula is C31H33N5O4. The summed E-state index contributed by atoms with van der Waals surface area (Å²) >= 11 is 0. The van der Waals surface area contributed by atoms with E-state index in [2.05, 4.69) is 29.2 Å². The van der Waals surface area contributed by atoms with Gasteiger partial charge in [0.1, 0.15) is 19.0 Å². The van der Waals surface area contributed by atoms with E-state index in [0.717, 1.165) is 21.6 Å². The highest BCUT2D eigenvalue weighted by Crippen LogP contribution is 2.28. The third kappa shape index (κ3) is 6.05. The van der Waals surface area contributed by atoms with Crippen LogP contribution in [-0.4, -0.2) is 82.7 Å². The highest BCUT2D eigenvalue weighted by molar-refractivity contribution is 6.04. The van der Waals surface area contributed by atoms with Crippen LogP contribution in [0.15, 0.2) is 96.0 Å². The standard InChI is InChI=1S/C31H33N5O4/c1-33-29-28(30(38)34(2)31(33)39)36(21-27(37)40-22-25-16-10-5-11-17-25)26(32-29)20-35(18-23-12-6-3-7-13-23)19-24-14-8-4-9-15-24/h3-17,28-29H,18-22H2,1-2H3. The monoisotopic (exact) mass is 539 g/mol. The fourth-order valence-corrected chi connectivity index (χ4v) is 5.12. The number of ether oxygens (including phenoxy) is 1. The second kappa shape index (κ2) is 12.1. The van der Waals surface area contributed by atoms with Crippen molar-refractivity contribution in [1.82, 2.24) is 19.6 Å². The van der Waals surface area contributed by atoms with Gasteiger partial charge in [0, 0.05) is 27.2 Å². The van der Waals surface area contributed by atoms with E-state index in [4.69, 9.17) is 9.73 Å². The Balaban J connectivity index is 1.40. The van der Waals surface area contributed by atoms with Crippen LogP contribution in [0.5, 0.6) is 0 Å². The van der Waals surface area contributed by atoms with Crippen molar-refractivity contribution in [2.24, 2.45) is 4.99 Å². The Kier molecular flexibility index (Phi) is 8.21. The quantitative estimate of drug-likeness (QED) is 0.368. The van der Waals surface area contributed by atoms with Gasteiger partial charge in [-0.2, -0.15) is 0 Å². The molecule has 0 bridgehead atoms. The Hall–Kier alpha value is -4.50. The van der Waals surface area contributed by atoms with Crippen LogP contribution in [0.3, 0.4) is 0 Å². The van der Waals surface area contributed by atoms with Crippen LogP contribution in [0, 0.1) is 0 Å². The van der Waals surface area contributed by atoms with E-state index in [0.29, 0.717) is 25.5 Å². The highest BCUT2D eigenvalue weighted by Gasteiger charge is 2.51. The number of aliphatic imine (C=N–C) groups is 1. The molecule has 206 valence electrons. The molecule has 0 spiro atoms. The molecule has 0 saturated carbocycles. The zero-order chi connectivity index (χ0) is 28.1. The number of rotatable bonds is 10. The molecule has 1 fully saturated rings. The smallest absolute Gasteiger partial charge is 0.328 e. The number of hydrogen-bond donors (Lipinski definition) is 0. The van der Waals surface area contributed by atoms with Gasteiger partial charge in [0.2, 0.25) is 0 Å². The van der Waals surface area contributed by atoms with Crippen molar-refractivity contribution in [3.8, 4) is 0 Å². The van der Waals surface area contributed by atoms with Crippen molar-refractivity contribution in [2.75, 3.05) is 27.2 Å². The fraction of sp³-hybridized carbons (Fsp3) is 0.290. The predicted molar refractivity (Wildman–Crippen MR) is 151 cm³/mol. The van der Waals surface area contributed by atoms with Gasteiger partial charge in [-0.05, 0) is 16.7 Å². The van der Waals surface area contributed by atoms with Crippen molar-refractivity contribution >= 4 is 23.7 Å². The SMILES string of the molecule is CN1C(=O)C2C(N=C(CN(Cc3ccccc3)Cc3ccccc3)N2CC(=O)OCc2ccccc2)N(C)C1=O. The largest absolute Gasteiger partial charge is 0.459 e. The van der Waals surface area contributed by atoms with E-state index in [1.165, 1.54) is 11.9 Å². The number of carbonyl (C=O) groups excluding carboxylic acids is 3. The summed E-state index contributed by atoms with van der Waals surface area (Å²) < 4.78 is 5.57. The van der Waals surface area contributed by atoms with Crippen molar-refractivity contribution in [2.45, 2.75) is 31.9 Å². The molecule has 0 aliphatic carbocycles. The number of carbonyl (C=O) groups is 3. The van der Waals surface area contributed by atoms with E-state index >= 15 is 0 Å². The molecule has 2 aliphatic heterocycles. The van der Waals surface area contributed by atoms with Gasteiger partial charge in [-0.1, -0.05) is 91.0 Å². The third-order valence-corrected chi connectivity index (χ3v) is 7.21. The Morgan fingerprint density at radius 3 is 1.88 bits per heavy atom. The van der Waals surface area contributed by atoms with E-state index < -0.39 is 24.2 Å². The zero-order valence-corrected chi connectivity index (χ0v) is 22.7. The maximum absolute atomic E-state index is 13.3. The molecule has 40 heavy (non-hydrogen) atoms. The van der Waals surface area contributed by atoms with Crippen LogP contribution in [0.4, 0.5) is 4.79 Å². The van der Waals surface area contributed by atoms with Crippen molar-refractivity contribution in [3.63, 3.8) is 0 Å². The lowest BCUT2D eigenvalue weighted by molar-refractivity contribution is -0.147. The molecule has 0 aromatic heterocycles. The second-order valence-electron chi connectivity index (χ2n) is 10.1. The summed E-state index contributed by atoms with van der Waals surface area (Å²) in [6.45, 7) is 1.63. The lowest BCUT2D eigenvalue weighted by Gasteiger charge is -2.40. The Labute approximate surface area is 234 Å². The van der Waals surface area contributed by atoms with E-state index in [1.807, 2.05) is 66.7 Å². The average molecular weight is 540 g/mol. The molecule has 9 heteroatoms. The number of amidine groups is 1. The van der Waals surface area contributed by atoms with Crippen LogP contribution < -0.4 is 0 Å². The normalized spacial score (nSPS) is 18.7. The first-order valence-corrected chi connectivity index (χ1v) is 13.3. The lowest BCUT2D eigenvalue weighted by atomic mass is 10.1. The second-order valence-corrected chi connectivity index (χ2v) is 10.1. The maximum atomic E-state index is 13.3. The molecule has 0 N–H and O–H groups in total. The Morgan fingerprint density at radius 2 is 1.32 bits per heavy atom. The number of imide groups is 1. The first kappa shape index (κ1) is 27.1. The number of nitrogens with zero attached hydrogens (tertiary/aromatic N) is 5. The summed E-state index contributed by atoms with van der Waals surface area (Å²) in [5, 5.41) is 0. The zero-order valence-electron chi connectivity index (χ0n) is 22.7. The molecule has 3 aromatic rings. The maximum Gasteiger partial charge on any atom is 0.328 e. The number of urea groups is 1. The van der Waals surface area contributed by atoms with Crippen molar-refractivity contribution in [1.29, 1.82) is 0 Å². The first-order valence-electron chi connectivity index (χ1n) is 13.3. The number of likely N-dealkylation sites (N-methyl/N-ethyl adjacent to an activating group) is 2. The molecule has 2 aliphatic rings. The number of benzene rings is 3. The molecule has 2 heterocycles. The van der Waals surface area contributed by atoms with Crippen molar-refractivity contribution < 1.29 is 19.1 Å². The summed E-state index contributed by atoms with van der Waals surface area (Å²) in [7, 11) is 3.09. The number of amides is 3.